The number of aryl methyl sites for hydroxylation is 1. The first-order valence-electron chi connectivity index (χ1n) is 8.04. The summed E-state index contributed by atoms with van der Waals surface area (Å²) in [6, 6.07) is 6.98. The van der Waals surface area contributed by atoms with Crippen LogP contribution < -0.4 is 11.3 Å². The van der Waals surface area contributed by atoms with Gasteiger partial charge in [-0.05, 0) is 57.0 Å². The fraction of sp³-hybridized carbons (Fsp3) is 0.389. The molecule has 1 fully saturated rings. The van der Waals surface area contributed by atoms with Gasteiger partial charge in [0.2, 0.25) is 5.91 Å². The number of carbonyl (C=O) groups excluding carboxylic acids is 1. The predicted molar refractivity (Wildman–Crippen MR) is 91.4 cm³/mol. The molecule has 1 amide bonds. The Morgan fingerprint density at radius 3 is 2.61 bits per heavy atom. The molecule has 2 heterocycles. The smallest absolute Gasteiger partial charge is 0.251 e. The van der Waals surface area contributed by atoms with Crippen molar-refractivity contribution in [1.29, 1.82) is 0 Å². The zero-order valence-corrected chi connectivity index (χ0v) is 13.4. The minimum Gasteiger partial charge on any atom is -0.366 e. The van der Waals surface area contributed by atoms with Crippen molar-refractivity contribution < 1.29 is 4.79 Å². The fourth-order valence-electron chi connectivity index (χ4n) is 3.20. The number of carbonyl (C=O) groups is 1. The number of pyridine rings is 1. The van der Waals surface area contributed by atoms with Crippen molar-refractivity contribution in [3.05, 3.63) is 52.2 Å². The van der Waals surface area contributed by atoms with Gasteiger partial charge in [-0.3, -0.25) is 9.59 Å². The van der Waals surface area contributed by atoms with Gasteiger partial charge in [0.05, 0.1) is 5.52 Å². The molecule has 1 aromatic heterocycles. The molecule has 23 heavy (non-hydrogen) atoms. The molecule has 0 bridgehead atoms. The Morgan fingerprint density at radius 1 is 1.17 bits per heavy atom. The van der Waals surface area contributed by atoms with Gasteiger partial charge in [0.15, 0.2) is 0 Å². The molecule has 0 unspecified atom stereocenters. The van der Waals surface area contributed by atoms with E-state index in [0.29, 0.717) is 12.1 Å². The first-order valence-corrected chi connectivity index (χ1v) is 8.04. The average molecular weight is 312 g/mol. The molecular formula is C18H22N3O2. The molecule has 3 rings (SSSR count). The number of likely N-dealkylation sites (tertiary alicyclic amines) is 1. The highest BCUT2D eigenvalue weighted by atomic mass is 16.1. The van der Waals surface area contributed by atoms with E-state index in [9.17, 15) is 9.59 Å². The molecule has 5 nitrogen and oxygen atoms in total. The Balaban J connectivity index is 1.98. The van der Waals surface area contributed by atoms with Gasteiger partial charge in [-0.2, -0.15) is 0 Å². The summed E-state index contributed by atoms with van der Waals surface area (Å²) in [4.78, 5) is 26.3. The summed E-state index contributed by atoms with van der Waals surface area (Å²) in [6.45, 7) is 5.47. The van der Waals surface area contributed by atoms with Crippen LogP contribution in [0.5, 0.6) is 0 Å². The van der Waals surface area contributed by atoms with Crippen molar-refractivity contribution in [2.24, 2.45) is 5.73 Å². The molecular weight excluding hydrogens is 290 g/mol. The van der Waals surface area contributed by atoms with Crippen molar-refractivity contribution in [3.8, 4) is 0 Å². The number of amides is 1. The number of fused-ring (bicyclic) bond motifs is 1. The normalized spacial score (nSPS) is 15.9. The van der Waals surface area contributed by atoms with E-state index < -0.39 is 5.91 Å². The van der Waals surface area contributed by atoms with Crippen LogP contribution in [-0.4, -0.2) is 35.0 Å². The van der Waals surface area contributed by atoms with Gasteiger partial charge in [-0.1, -0.05) is 6.07 Å². The number of benzene rings is 1. The van der Waals surface area contributed by atoms with Crippen molar-refractivity contribution in [2.45, 2.75) is 26.3 Å². The van der Waals surface area contributed by atoms with Gasteiger partial charge < -0.3 is 15.2 Å². The Labute approximate surface area is 135 Å². The molecule has 5 heteroatoms. The number of aromatic nitrogens is 1. The highest BCUT2D eigenvalue weighted by Crippen LogP contribution is 2.18. The summed E-state index contributed by atoms with van der Waals surface area (Å²) in [5, 5.41) is 0.988. The lowest BCUT2D eigenvalue weighted by atomic mass is 10.1. The zero-order valence-electron chi connectivity index (χ0n) is 13.4. The minimum atomic E-state index is -0.473. The monoisotopic (exact) mass is 312 g/mol. The highest BCUT2D eigenvalue weighted by molar-refractivity contribution is 5.97. The second-order valence-electron chi connectivity index (χ2n) is 6.12. The van der Waals surface area contributed by atoms with Crippen LogP contribution >= 0.6 is 0 Å². The quantitative estimate of drug-likeness (QED) is 0.934. The molecule has 0 spiro atoms. The Bertz CT molecular complexity index is 789. The van der Waals surface area contributed by atoms with E-state index in [-0.39, 0.29) is 5.56 Å². The number of nitrogens with zero attached hydrogens (tertiary/aromatic N) is 2. The number of hydrogen-bond donors (Lipinski definition) is 1. The molecule has 0 saturated carbocycles. The van der Waals surface area contributed by atoms with Crippen molar-refractivity contribution >= 4 is 16.8 Å². The number of hydrogen-bond acceptors (Lipinski definition) is 3. The summed E-state index contributed by atoms with van der Waals surface area (Å²) in [5.74, 6) is -0.473. The van der Waals surface area contributed by atoms with Crippen LogP contribution in [0.25, 0.3) is 10.9 Å². The topological polar surface area (TPSA) is 68.3 Å². The second kappa shape index (κ2) is 6.54. The zero-order chi connectivity index (χ0) is 16.4. The standard InChI is InChI=1S/C18H22N3O2/c1-13-11-17(22)21(10-9-20-7-3-2-4-8-20)16-12-14(18(19)23)5-6-15(13)16/h2,5-6,11-12H,3-4,7-10H2,1H3,(H2,19,23). The first-order chi connectivity index (χ1) is 11.1. The lowest BCUT2D eigenvalue weighted by molar-refractivity contribution is 0.100. The van der Waals surface area contributed by atoms with Crippen molar-refractivity contribution in [3.63, 3.8) is 0 Å². The third-order valence-corrected chi connectivity index (χ3v) is 4.54. The van der Waals surface area contributed by atoms with Gasteiger partial charge in [0, 0.05) is 30.1 Å². The lowest BCUT2D eigenvalue weighted by Crippen LogP contribution is -2.35. The summed E-state index contributed by atoms with van der Waals surface area (Å²) in [7, 11) is 0. The van der Waals surface area contributed by atoms with Crippen LogP contribution in [0.15, 0.2) is 29.1 Å². The Kier molecular flexibility index (Phi) is 4.48. The van der Waals surface area contributed by atoms with Gasteiger partial charge >= 0.3 is 0 Å². The number of primary amides is 1. The van der Waals surface area contributed by atoms with E-state index in [1.165, 1.54) is 0 Å². The predicted octanol–water partition coefficient (Wildman–Crippen LogP) is 1.71. The Morgan fingerprint density at radius 2 is 1.91 bits per heavy atom. The molecule has 1 radical (unpaired) electrons. The van der Waals surface area contributed by atoms with E-state index >= 15 is 0 Å². The van der Waals surface area contributed by atoms with Gasteiger partial charge in [0.1, 0.15) is 0 Å². The van der Waals surface area contributed by atoms with Gasteiger partial charge in [-0.25, -0.2) is 0 Å². The summed E-state index contributed by atoms with van der Waals surface area (Å²) in [5.41, 5.74) is 7.50. The van der Waals surface area contributed by atoms with Crippen LogP contribution in [-0.2, 0) is 6.54 Å². The van der Waals surface area contributed by atoms with E-state index in [0.717, 1.165) is 48.9 Å². The van der Waals surface area contributed by atoms with Crippen LogP contribution in [0.1, 0.15) is 28.8 Å². The maximum Gasteiger partial charge on any atom is 0.251 e. The van der Waals surface area contributed by atoms with E-state index in [4.69, 9.17) is 5.73 Å². The maximum atomic E-state index is 12.4. The van der Waals surface area contributed by atoms with Crippen LogP contribution in [0.3, 0.4) is 0 Å². The molecule has 2 aromatic rings. The van der Waals surface area contributed by atoms with Crippen LogP contribution in [0, 0.1) is 13.3 Å². The molecule has 1 aromatic carbocycles. The molecule has 1 saturated heterocycles. The second-order valence-corrected chi connectivity index (χ2v) is 6.12. The molecule has 1 aliphatic rings. The minimum absolute atomic E-state index is 0.0276. The number of piperidine rings is 1. The fourth-order valence-corrected chi connectivity index (χ4v) is 3.20. The van der Waals surface area contributed by atoms with Crippen molar-refractivity contribution in [2.75, 3.05) is 19.6 Å². The number of rotatable bonds is 4. The summed E-state index contributed by atoms with van der Waals surface area (Å²) >= 11 is 0. The molecule has 2 N–H and O–H groups in total. The van der Waals surface area contributed by atoms with E-state index in [2.05, 4.69) is 11.3 Å². The third kappa shape index (κ3) is 3.29. The van der Waals surface area contributed by atoms with E-state index in [1.807, 2.05) is 13.0 Å². The molecule has 0 atom stereocenters. The maximum absolute atomic E-state index is 12.4. The third-order valence-electron chi connectivity index (χ3n) is 4.54. The van der Waals surface area contributed by atoms with Crippen LogP contribution in [0.2, 0.25) is 0 Å². The molecule has 1 aliphatic heterocycles. The summed E-state index contributed by atoms with van der Waals surface area (Å²) in [6.07, 6.45) is 4.52. The largest absolute Gasteiger partial charge is 0.366 e. The van der Waals surface area contributed by atoms with E-state index in [1.54, 1.807) is 22.8 Å². The highest BCUT2D eigenvalue weighted by Gasteiger charge is 2.13. The van der Waals surface area contributed by atoms with Crippen LogP contribution in [0.4, 0.5) is 0 Å². The average Bonchev–Trinajstić information content (AvgIpc) is 2.55. The van der Waals surface area contributed by atoms with Crippen molar-refractivity contribution in [1.82, 2.24) is 9.47 Å². The Hall–Kier alpha value is -2.14. The molecule has 0 aliphatic carbocycles. The van der Waals surface area contributed by atoms with Gasteiger partial charge in [0.25, 0.3) is 5.56 Å². The molecule has 121 valence electrons. The number of nitrogens with two attached hydrogens (primary N) is 1. The van der Waals surface area contributed by atoms with Gasteiger partial charge in [-0.15, -0.1) is 0 Å². The summed E-state index contributed by atoms with van der Waals surface area (Å²) < 4.78 is 1.76. The lowest BCUT2D eigenvalue weighted by Gasteiger charge is -2.26. The first kappa shape index (κ1) is 15.7. The SMILES string of the molecule is Cc1cc(=O)n(CCN2CC[CH]CC2)c2cc(C(N)=O)ccc12.